The standard InChI is InChI=1S/C9H8N2O2/c1-13-6-4-7-8(11-5-6)2-3-10-9(7)12/h2-5,7H,1H3. The van der Waals surface area contributed by atoms with Gasteiger partial charge in [0.25, 0.3) is 5.91 Å². The van der Waals surface area contributed by atoms with Crippen LogP contribution < -0.4 is 0 Å². The molecule has 0 radical (unpaired) electrons. The molecule has 0 aromatic carbocycles. The van der Waals surface area contributed by atoms with Gasteiger partial charge in [-0.1, -0.05) is 0 Å². The van der Waals surface area contributed by atoms with Crippen molar-refractivity contribution in [3.63, 3.8) is 0 Å². The third-order valence-corrected chi connectivity index (χ3v) is 1.94. The minimum absolute atomic E-state index is 0.191. The smallest absolute Gasteiger partial charge is 0.258 e. The van der Waals surface area contributed by atoms with Crippen molar-refractivity contribution >= 4 is 18.3 Å². The van der Waals surface area contributed by atoms with E-state index in [2.05, 4.69) is 9.98 Å². The summed E-state index contributed by atoms with van der Waals surface area (Å²) in [5.74, 6) is 0.0569. The molecule has 2 aliphatic rings. The fourth-order valence-electron chi connectivity index (χ4n) is 1.24. The molecule has 66 valence electrons. The Morgan fingerprint density at radius 1 is 1.46 bits per heavy atom. The van der Waals surface area contributed by atoms with E-state index in [-0.39, 0.29) is 11.8 Å². The van der Waals surface area contributed by atoms with E-state index >= 15 is 0 Å². The predicted molar refractivity (Wildman–Crippen MR) is 48.7 cm³/mol. The van der Waals surface area contributed by atoms with Gasteiger partial charge >= 0.3 is 0 Å². The molecule has 13 heavy (non-hydrogen) atoms. The fourth-order valence-corrected chi connectivity index (χ4v) is 1.24. The van der Waals surface area contributed by atoms with Gasteiger partial charge < -0.3 is 4.74 Å². The highest BCUT2D eigenvalue weighted by Gasteiger charge is 2.25. The first kappa shape index (κ1) is 7.91. The first-order valence-corrected chi connectivity index (χ1v) is 3.89. The van der Waals surface area contributed by atoms with Crippen molar-refractivity contribution in [3.05, 3.63) is 23.6 Å². The minimum Gasteiger partial charge on any atom is -0.495 e. The normalized spacial score (nSPS) is 25.0. The Morgan fingerprint density at radius 2 is 2.31 bits per heavy atom. The van der Waals surface area contributed by atoms with Crippen molar-refractivity contribution in [2.75, 3.05) is 7.11 Å². The van der Waals surface area contributed by atoms with Crippen LogP contribution in [0.2, 0.25) is 0 Å². The molecule has 4 nitrogen and oxygen atoms in total. The average molecular weight is 176 g/mol. The van der Waals surface area contributed by atoms with Crippen molar-refractivity contribution < 1.29 is 9.53 Å². The van der Waals surface area contributed by atoms with Crippen LogP contribution in [0, 0.1) is 5.92 Å². The van der Waals surface area contributed by atoms with E-state index in [0.717, 1.165) is 5.70 Å². The largest absolute Gasteiger partial charge is 0.495 e. The zero-order valence-corrected chi connectivity index (χ0v) is 7.10. The summed E-state index contributed by atoms with van der Waals surface area (Å²) >= 11 is 0. The molecular weight excluding hydrogens is 168 g/mol. The lowest BCUT2D eigenvalue weighted by molar-refractivity contribution is -0.119. The molecule has 0 aliphatic carbocycles. The number of methoxy groups -OCH3 is 1. The van der Waals surface area contributed by atoms with Crippen LogP contribution in [0.15, 0.2) is 33.6 Å². The number of rotatable bonds is 1. The van der Waals surface area contributed by atoms with Crippen molar-refractivity contribution in [2.45, 2.75) is 0 Å². The second kappa shape index (κ2) is 2.97. The summed E-state index contributed by atoms with van der Waals surface area (Å²) in [7, 11) is 1.54. The van der Waals surface area contributed by atoms with Gasteiger partial charge in [-0.15, -0.1) is 0 Å². The number of allylic oxidation sites excluding steroid dienone is 2. The molecule has 0 N–H and O–H groups in total. The molecule has 4 heteroatoms. The second-order valence-electron chi connectivity index (χ2n) is 2.72. The lowest BCUT2D eigenvalue weighted by Gasteiger charge is -2.16. The van der Waals surface area contributed by atoms with Crippen molar-refractivity contribution in [1.29, 1.82) is 0 Å². The molecule has 0 aromatic heterocycles. The van der Waals surface area contributed by atoms with Crippen LogP contribution in [-0.4, -0.2) is 25.4 Å². The van der Waals surface area contributed by atoms with Gasteiger partial charge in [-0.2, -0.15) is 0 Å². The number of fused-ring (bicyclic) bond motifs is 1. The number of nitrogens with zero attached hydrogens (tertiary/aromatic N) is 2. The molecule has 0 aromatic rings. The molecular formula is C9H8N2O2. The number of carbonyl (C=O) groups is 1. The molecule has 0 saturated carbocycles. The SMILES string of the molecule is COC1=CC2C(=O)N=CC=C2N=C1. The van der Waals surface area contributed by atoms with E-state index in [0.29, 0.717) is 5.76 Å². The van der Waals surface area contributed by atoms with E-state index < -0.39 is 0 Å². The van der Waals surface area contributed by atoms with Gasteiger partial charge in [0.15, 0.2) is 0 Å². The van der Waals surface area contributed by atoms with Crippen LogP contribution in [0.3, 0.4) is 0 Å². The number of carbonyl (C=O) groups excluding carboxylic acids is 1. The van der Waals surface area contributed by atoms with E-state index in [1.54, 1.807) is 25.5 Å². The van der Waals surface area contributed by atoms with E-state index in [1.807, 2.05) is 0 Å². The van der Waals surface area contributed by atoms with Gasteiger partial charge in [0, 0.05) is 6.21 Å². The number of hydrogen-bond donors (Lipinski definition) is 0. The third kappa shape index (κ3) is 1.30. The predicted octanol–water partition coefficient (Wildman–Crippen LogP) is 0.712. The first-order chi connectivity index (χ1) is 6.31. The highest BCUT2D eigenvalue weighted by atomic mass is 16.5. The maximum absolute atomic E-state index is 11.3. The summed E-state index contributed by atoms with van der Waals surface area (Å²) in [6, 6.07) is 0. The second-order valence-corrected chi connectivity index (χ2v) is 2.72. The molecule has 2 rings (SSSR count). The number of aliphatic imine (C=N–C) groups is 2. The van der Waals surface area contributed by atoms with Gasteiger partial charge in [0.2, 0.25) is 0 Å². The molecule has 0 bridgehead atoms. The Bertz CT molecular complexity index is 364. The molecule has 0 saturated heterocycles. The number of amides is 1. The van der Waals surface area contributed by atoms with E-state index in [1.165, 1.54) is 6.21 Å². The van der Waals surface area contributed by atoms with Crippen LogP contribution in [0.5, 0.6) is 0 Å². The van der Waals surface area contributed by atoms with Crippen LogP contribution in [0.1, 0.15) is 0 Å². The summed E-state index contributed by atoms with van der Waals surface area (Å²) < 4.78 is 4.97. The molecule has 1 atom stereocenters. The Balaban J connectivity index is 2.36. The molecule has 0 spiro atoms. The highest BCUT2D eigenvalue weighted by Crippen LogP contribution is 2.23. The Kier molecular flexibility index (Phi) is 1.81. The first-order valence-electron chi connectivity index (χ1n) is 3.89. The van der Waals surface area contributed by atoms with Crippen LogP contribution in [-0.2, 0) is 9.53 Å². The topological polar surface area (TPSA) is 51.0 Å². The Hall–Kier alpha value is -1.71. The quantitative estimate of drug-likeness (QED) is 0.590. The fraction of sp³-hybridized carbons (Fsp3) is 0.222. The number of ether oxygens (including phenoxy) is 1. The molecule has 1 unspecified atom stereocenters. The summed E-state index contributed by atoms with van der Waals surface area (Å²) in [4.78, 5) is 19.0. The molecule has 1 amide bonds. The van der Waals surface area contributed by atoms with Crippen molar-refractivity contribution in [3.8, 4) is 0 Å². The van der Waals surface area contributed by atoms with Gasteiger partial charge in [-0.25, -0.2) is 4.99 Å². The van der Waals surface area contributed by atoms with E-state index in [9.17, 15) is 4.79 Å². The molecule has 2 heterocycles. The summed E-state index contributed by atoms with van der Waals surface area (Å²) in [5.41, 5.74) is 0.723. The average Bonchev–Trinajstić information content (AvgIpc) is 2.18. The third-order valence-electron chi connectivity index (χ3n) is 1.94. The van der Waals surface area contributed by atoms with Crippen LogP contribution >= 0.6 is 0 Å². The van der Waals surface area contributed by atoms with Crippen LogP contribution in [0.25, 0.3) is 0 Å². The minimum atomic E-state index is -0.357. The number of hydrogen-bond acceptors (Lipinski definition) is 3. The summed E-state index contributed by atoms with van der Waals surface area (Å²) in [6.45, 7) is 0. The van der Waals surface area contributed by atoms with Gasteiger partial charge in [0.1, 0.15) is 11.7 Å². The summed E-state index contributed by atoms with van der Waals surface area (Å²) in [6.07, 6.45) is 6.51. The zero-order valence-electron chi connectivity index (χ0n) is 7.10. The van der Waals surface area contributed by atoms with Crippen LogP contribution in [0.4, 0.5) is 0 Å². The van der Waals surface area contributed by atoms with Gasteiger partial charge in [0.05, 0.1) is 19.0 Å². The lowest BCUT2D eigenvalue weighted by atomic mass is 10.00. The Morgan fingerprint density at radius 3 is 3.08 bits per heavy atom. The highest BCUT2D eigenvalue weighted by molar-refractivity contribution is 5.99. The summed E-state index contributed by atoms with van der Waals surface area (Å²) in [5, 5.41) is 0. The maximum atomic E-state index is 11.3. The van der Waals surface area contributed by atoms with Gasteiger partial charge in [-0.05, 0) is 12.2 Å². The zero-order chi connectivity index (χ0) is 9.26. The molecule has 0 fully saturated rings. The lowest BCUT2D eigenvalue weighted by Crippen LogP contribution is -2.19. The Labute approximate surface area is 75.3 Å². The monoisotopic (exact) mass is 176 g/mol. The number of dihydropyridines is 2. The van der Waals surface area contributed by atoms with Gasteiger partial charge in [-0.3, -0.25) is 9.79 Å². The van der Waals surface area contributed by atoms with Crippen molar-refractivity contribution in [1.82, 2.24) is 0 Å². The molecule has 2 aliphatic heterocycles. The maximum Gasteiger partial charge on any atom is 0.258 e. The van der Waals surface area contributed by atoms with E-state index in [4.69, 9.17) is 4.74 Å². The van der Waals surface area contributed by atoms with Crippen molar-refractivity contribution in [2.24, 2.45) is 15.9 Å².